The predicted molar refractivity (Wildman–Crippen MR) is 135 cm³/mol. The zero-order valence-electron chi connectivity index (χ0n) is 19.6. The number of hydrogen-bond acceptors (Lipinski definition) is 6. The molecule has 0 bridgehead atoms. The third kappa shape index (κ3) is 4.04. The summed E-state index contributed by atoms with van der Waals surface area (Å²) in [6.07, 6.45) is 5.17. The van der Waals surface area contributed by atoms with Crippen molar-refractivity contribution in [3.05, 3.63) is 101 Å². The normalized spacial score (nSPS) is 11.8. The summed E-state index contributed by atoms with van der Waals surface area (Å²) in [5, 5.41) is 18.6. The molecule has 0 saturated carbocycles. The van der Waals surface area contributed by atoms with Crippen molar-refractivity contribution in [2.45, 2.75) is 19.9 Å². The molecule has 1 unspecified atom stereocenters. The molecule has 0 fully saturated rings. The van der Waals surface area contributed by atoms with E-state index >= 15 is 0 Å². The molecule has 0 spiro atoms. The lowest BCUT2D eigenvalue weighted by molar-refractivity contribution is 0.768. The lowest BCUT2D eigenvalue weighted by Gasteiger charge is -2.22. The Morgan fingerprint density at radius 2 is 1.89 bits per heavy atom. The molecular formula is C27H23N7O. The van der Waals surface area contributed by atoms with Gasteiger partial charge in [-0.1, -0.05) is 36.4 Å². The quantitative estimate of drug-likeness (QED) is 0.413. The van der Waals surface area contributed by atoms with Gasteiger partial charge in [-0.2, -0.15) is 10.4 Å². The number of nitrogens with one attached hydrogen (secondary N) is 1. The molecule has 3 heterocycles. The van der Waals surface area contributed by atoms with Crippen molar-refractivity contribution in [1.82, 2.24) is 24.3 Å². The number of benzene rings is 2. The van der Waals surface area contributed by atoms with Gasteiger partial charge in [0.25, 0.3) is 5.56 Å². The average molecular weight is 462 g/mol. The third-order valence-corrected chi connectivity index (χ3v) is 5.93. The number of aryl methyl sites for hydroxylation is 2. The van der Waals surface area contributed by atoms with Crippen molar-refractivity contribution < 1.29 is 0 Å². The fourth-order valence-electron chi connectivity index (χ4n) is 4.29. The SMILES string of the molecule is Cc1ncc(C#N)c(NC(C)c2cc3cccc(-c4cnn(C)c4)c3c(=O)n2-c2ccccc2)n1. The molecule has 0 aliphatic rings. The van der Waals surface area contributed by atoms with Gasteiger partial charge in [0.2, 0.25) is 0 Å². The molecule has 0 aliphatic carbocycles. The Hall–Kier alpha value is -4.77. The molecule has 35 heavy (non-hydrogen) atoms. The fraction of sp³-hybridized carbons (Fsp3) is 0.148. The Balaban J connectivity index is 1.74. The summed E-state index contributed by atoms with van der Waals surface area (Å²) in [5.74, 6) is 0.988. The average Bonchev–Trinajstić information content (AvgIpc) is 3.30. The number of pyridine rings is 1. The first kappa shape index (κ1) is 22.0. The summed E-state index contributed by atoms with van der Waals surface area (Å²) >= 11 is 0. The van der Waals surface area contributed by atoms with Crippen LogP contribution in [-0.4, -0.2) is 24.3 Å². The molecule has 172 valence electrons. The second-order valence-corrected chi connectivity index (χ2v) is 8.38. The van der Waals surface area contributed by atoms with Gasteiger partial charge in [0.05, 0.1) is 23.8 Å². The smallest absolute Gasteiger partial charge is 0.263 e. The molecule has 0 saturated heterocycles. The summed E-state index contributed by atoms with van der Waals surface area (Å²) < 4.78 is 3.45. The molecule has 8 heteroatoms. The van der Waals surface area contributed by atoms with Crippen LogP contribution in [0.5, 0.6) is 0 Å². The molecule has 3 aromatic heterocycles. The van der Waals surface area contributed by atoms with Crippen molar-refractivity contribution in [3.8, 4) is 22.9 Å². The van der Waals surface area contributed by atoms with Crippen LogP contribution in [0.4, 0.5) is 5.82 Å². The van der Waals surface area contributed by atoms with E-state index in [9.17, 15) is 10.1 Å². The maximum absolute atomic E-state index is 14.1. The molecule has 8 nitrogen and oxygen atoms in total. The second kappa shape index (κ2) is 8.88. The van der Waals surface area contributed by atoms with Crippen molar-refractivity contribution in [2.24, 2.45) is 7.05 Å². The standard InChI is InChI=1S/C27H23N7O/c1-17(31-26-20(13-28)14-29-18(2)32-26)24-12-19-8-7-11-23(21-15-30-33(3)16-21)25(19)27(35)34(24)22-9-5-4-6-10-22/h4-12,14-17H,1-3H3,(H,29,31,32). The maximum Gasteiger partial charge on any atom is 0.263 e. The number of anilines is 1. The van der Waals surface area contributed by atoms with Gasteiger partial charge in [-0.25, -0.2) is 9.97 Å². The Morgan fingerprint density at radius 3 is 2.60 bits per heavy atom. The summed E-state index contributed by atoms with van der Waals surface area (Å²) in [7, 11) is 1.85. The largest absolute Gasteiger partial charge is 0.361 e. The molecule has 0 aliphatic heterocycles. The van der Waals surface area contributed by atoms with Crippen LogP contribution in [0.3, 0.4) is 0 Å². The topological polar surface area (TPSA) is 101 Å². The fourth-order valence-corrected chi connectivity index (χ4v) is 4.29. The molecule has 2 aromatic carbocycles. The van der Waals surface area contributed by atoms with Crippen LogP contribution in [-0.2, 0) is 7.05 Å². The van der Waals surface area contributed by atoms with E-state index in [-0.39, 0.29) is 11.6 Å². The van der Waals surface area contributed by atoms with E-state index in [2.05, 4.69) is 26.5 Å². The van der Waals surface area contributed by atoms with Gasteiger partial charge in [-0.3, -0.25) is 14.0 Å². The lowest BCUT2D eigenvalue weighted by atomic mass is 9.99. The van der Waals surface area contributed by atoms with E-state index in [4.69, 9.17) is 0 Å². The van der Waals surface area contributed by atoms with Crippen molar-refractivity contribution >= 4 is 16.6 Å². The Morgan fingerprint density at radius 1 is 1.09 bits per heavy atom. The van der Waals surface area contributed by atoms with Crippen molar-refractivity contribution in [1.29, 1.82) is 5.26 Å². The monoisotopic (exact) mass is 461 g/mol. The van der Waals surface area contributed by atoms with Crippen molar-refractivity contribution in [3.63, 3.8) is 0 Å². The maximum atomic E-state index is 14.1. The van der Waals surface area contributed by atoms with Crippen LogP contribution < -0.4 is 10.9 Å². The first-order chi connectivity index (χ1) is 17.0. The third-order valence-electron chi connectivity index (χ3n) is 5.93. The van der Waals surface area contributed by atoms with E-state index in [1.165, 1.54) is 6.20 Å². The Labute approximate surface area is 202 Å². The Bertz CT molecular complexity index is 1640. The summed E-state index contributed by atoms with van der Waals surface area (Å²) in [6, 6.07) is 19.2. The first-order valence-electron chi connectivity index (χ1n) is 11.2. The molecular weight excluding hydrogens is 438 g/mol. The summed E-state index contributed by atoms with van der Waals surface area (Å²) in [4.78, 5) is 22.6. The van der Waals surface area contributed by atoms with Gasteiger partial charge in [0.15, 0.2) is 0 Å². The number of nitriles is 1. The number of fused-ring (bicyclic) bond motifs is 1. The van der Waals surface area contributed by atoms with Gasteiger partial charge in [-0.15, -0.1) is 0 Å². The highest BCUT2D eigenvalue weighted by Crippen LogP contribution is 2.30. The van der Waals surface area contributed by atoms with Crippen molar-refractivity contribution in [2.75, 3.05) is 5.32 Å². The highest BCUT2D eigenvalue weighted by Gasteiger charge is 2.20. The number of aromatic nitrogens is 5. The predicted octanol–water partition coefficient (Wildman–Crippen LogP) is 4.53. The number of rotatable bonds is 5. The van der Waals surface area contributed by atoms with E-state index in [0.717, 1.165) is 27.9 Å². The molecule has 0 radical (unpaired) electrons. The molecule has 5 rings (SSSR count). The highest BCUT2D eigenvalue weighted by molar-refractivity contribution is 5.96. The number of para-hydroxylation sites is 1. The molecule has 1 N–H and O–H groups in total. The van der Waals surface area contributed by atoms with Crippen LogP contribution in [0.15, 0.2) is 78.0 Å². The minimum absolute atomic E-state index is 0.129. The van der Waals surface area contributed by atoms with Gasteiger partial charge in [0.1, 0.15) is 23.3 Å². The van der Waals surface area contributed by atoms with E-state index < -0.39 is 0 Å². The van der Waals surface area contributed by atoms with E-state index in [0.29, 0.717) is 22.6 Å². The zero-order chi connectivity index (χ0) is 24.5. The van der Waals surface area contributed by atoms with Gasteiger partial charge < -0.3 is 5.32 Å². The number of nitrogens with zero attached hydrogens (tertiary/aromatic N) is 6. The lowest BCUT2D eigenvalue weighted by Crippen LogP contribution is -2.26. The molecule has 5 aromatic rings. The Kier molecular flexibility index (Phi) is 5.59. The minimum Gasteiger partial charge on any atom is -0.361 e. The van der Waals surface area contributed by atoms with Gasteiger partial charge >= 0.3 is 0 Å². The van der Waals surface area contributed by atoms with Gasteiger partial charge in [0, 0.05) is 30.2 Å². The van der Waals surface area contributed by atoms with Crippen LogP contribution in [0.25, 0.3) is 27.6 Å². The first-order valence-corrected chi connectivity index (χ1v) is 11.2. The van der Waals surface area contributed by atoms with Crippen LogP contribution in [0, 0.1) is 18.3 Å². The van der Waals surface area contributed by atoms with Crippen LogP contribution in [0.2, 0.25) is 0 Å². The molecule has 0 amide bonds. The summed E-state index contributed by atoms with van der Waals surface area (Å²) in [6.45, 7) is 3.72. The summed E-state index contributed by atoms with van der Waals surface area (Å²) in [5.41, 5.74) is 3.42. The minimum atomic E-state index is -0.337. The number of hydrogen-bond donors (Lipinski definition) is 1. The van der Waals surface area contributed by atoms with E-state index in [1.54, 1.807) is 22.4 Å². The second-order valence-electron chi connectivity index (χ2n) is 8.38. The zero-order valence-corrected chi connectivity index (χ0v) is 19.6. The van der Waals surface area contributed by atoms with Crippen LogP contribution in [0.1, 0.15) is 30.0 Å². The highest BCUT2D eigenvalue weighted by atomic mass is 16.1. The van der Waals surface area contributed by atoms with Gasteiger partial charge in [-0.05, 0) is 43.0 Å². The van der Waals surface area contributed by atoms with Crippen LogP contribution >= 0.6 is 0 Å². The van der Waals surface area contributed by atoms with E-state index in [1.807, 2.05) is 74.8 Å². The molecule has 1 atom stereocenters.